The quantitative estimate of drug-likeness (QED) is 0.784. The van der Waals surface area contributed by atoms with Crippen LogP contribution in [0.5, 0.6) is 5.88 Å². The van der Waals surface area contributed by atoms with Crippen LogP contribution in [0.2, 0.25) is 5.02 Å². The van der Waals surface area contributed by atoms with Gasteiger partial charge in [-0.05, 0) is 44.9 Å². The Morgan fingerprint density at radius 2 is 2.20 bits per heavy atom. The van der Waals surface area contributed by atoms with Crippen LogP contribution in [-0.4, -0.2) is 46.4 Å². The Hall–Kier alpha value is -3.05. The molecule has 9 heteroatoms. The van der Waals surface area contributed by atoms with E-state index in [1.54, 1.807) is 28.6 Å². The maximum absolute atomic E-state index is 12.2. The van der Waals surface area contributed by atoms with E-state index < -0.39 is 11.3 Å². The molecular formula is C21H22ClN5O3. The standard InChI is InChI=1S/C21H22ClN5O3/c1-3-29-20(28)26-9-7-21(8-10-26)16(12-23)18(24)30-19-17(21)13(2)25-27(19)15-6-4-5-14(22)11-15/h4-6,11,16,24H,3,7-10H2,1-2H3. The number of aromatic nitrogens is 2. The average Bonchev–Trinajstić information content (AvgIpc) is 3.05. The molecule has 1 aromatic heterocycles. The zero-order valence-corrected chi connectivity index (χ0v) is 17.6. The number of nitrogens with zero attached hydrogens (tertiary/aromatic N) is 4. The molecule has 0 bridgehead atoms. The summed E-state index contributed by atoms with van der Waals surface area (Å²) < 4.78 is 12.6. The van der Waals surface area contributed by atoms with E-state index in [2.05, 4.69) is 11.2 Å². The highest BCUT2D eigenvalue weighted by Crippen LogP contribution is 2.51. The normalized spacial score (nSPS) is 19.7. The van der Waals surface area contributed by atoms with Gasteiger partial charge in [0.25, 0.3) is 0 Å². The number of hydrogen-bond acceptors (Lipinski definition) is 6. The van der Waals surface area contributed by atoms with Gasteiger partial charge in [0.2, 0.25) is 11.8 Å². The van der Waals surface area contributed by atoms with Crippen molar-refractivity contribution in [1.82, 2.24) is 14.7 Å². The maximum atomic E-state index is 12.2. The summed E-state index contributed by atoms with van der Waals surface area (Å²) in [5.41, 5.74) is 1.63. The monoisotopic (exact) mass is 427 g/mol. The molecule has 0 saturated carbocycles. The van der Waals surface area contributed by atoms with Gasteiger partial charge in [-0.1, -0.05) is 17.7 Å². The summed E-state index contributed by atoms with van der Waals surface area (Å²) in [4.78, 5) is 13.8. The molecule has 1 spiro atoms. The predicted octanol–water partition coefficient (Wildman–Crippen LogP) is 3.83. The number of nitrogens with one attached hydrogen (secondary N) is 1. The Morgan fingerprint density at radius 1 is 1.47 bits per heavy atom. The van der Waals surface area contributed by atoms with E-state index in [9.17, 15) is 10.1 Å². The van der Waals surface area contributed by atoms with Crippen molar-refractivity contribution in [3.63, 3.8) is 0 Å². The van der Waals surface area contributed by atoms with Crippen molar-refractivity contribution in [2.75, 3.05) is 19.7 Å². The van der Waals surface area contributed by atoms with Gasteiger partial charge in [0, 0.05) is 29.1 Å². The molecule has 2 aliphatic heterocycles. The van der Waals surface area contributed by atoms with Gasteiger partial charge in [-0.25, -0.2) is 9.48 Å². The summed E-state index contributed by atoms with van der Waals surface area (Å²) in [7, 11) is 0. The van der Waals surface area contributed by atoms with Crippen molar-refractivity contribution in [2.24, 2.45) is 5.92 Å². The smallest absolute Gasteiger partial charge is 0.409 e. The third kappa shape index (κ3) is 3.10. The second kappa shape index (κ2) is 7.65. The van der Waals surface area contributed by atoms with Gasteiger partial charge in [-0.2, -0.15) is 10.4 Å². The van der Waals surface area contributed by atoms with E-state index in [1.165, 1.54) is 0 Å². The third-order valence-corrected chi connectivity index (χ3v) is 6.14. The number of ether oxygens (including phenoxy) is 2. The molecule has 156 valence electrons. The maximum Gasteiger partial charge on any atom is 0.409 e. The van der Waals surface area contributed by atoms with Gasteiger partial charge < -0.3 is 14.4 Å². The van der Waals surface area contributed by atoms with Crippen LogP contribution < -0.4 is 4.74 Å². The highest BCUT2D eigenvalue weighted by atomic mass is 35.5. The largest absolute Gasteiger partial charge is 0.450 e. The van der Waals surface area contributed by atoms with E-state index in [0.717, 1.165) is 11.3 Å². The van der Waals surface area contributed by atoms with E-state index in [0.29, 0.717) is 49.1 Å². The van der Waals surface area contributed by atoms with Crippen LogP contribution in [0.1, 0.15) is 31.0 Å². The lowest BCUT2D eigenvalue weighted by Crippen LogP contribution is -2.53. The van der Waals surface area contributed by atoms with Gasteiger partial charge in [0.1, 0.15) is 5.92 Å². The number of nitriles is 1. The summed E-state index contributed by atoms with van der Waals surface area (Å²) in [5.74, 6) is -0.404. The topological polar surface area (TPSA) is 104 Å². The molecule has 1 amide bonds. The van der Waals surface area contributed by atoms with E-state index in [-0.39, 0.29) is 12.0 Å². The Labute approximate surface area is 179 Å². The lowest BCUT2D eigenvalue weighted by Gasteiger charge is -2.45. The van der Waals surface area contributed by atoms with E-state index in [4.69, 9.17) is 26.5 Å². The lowest BCUT2D eigenvalue weighted by atomic mass is 9.63. The van der Waals surface area contributed by atoms with Gasteiger partial charge in [0.05, 0.1) is 24.1 Å². The molecule has 0 radical (unpaired) electrons. The van der Waals surface area contributed by atoms with Crippen LogP contribution in [0.4, 0.5) is 4.79 Å². The summed E-state index contributed by atoms with van der Waals surface area (Å²) in [6.07, 6.45) is 0.685. The minimum Gasteiger partial charge on any atom is -0.450 e. The zero-order valence-electron chi connectivity index (χ0n) is 16.8. The molecule has 1 N–H and O–H groups in total. The van der Waals surface area contributed by atoms with Crippen molar-refractivity contribution in [1.29, 1.82) is 10.7 Å². The average molecular weight is 428 g/mol. The molecule has 2 aromatic rings. The number of carbonyl (C=O) groups excluding carboxylic acids is 1. The van der Waals surface area contributed by atoms with Gasteiger partial charge >= 0.3 is 6.09 Å². The number of aryl methyl sites for hydroxylation is 1. The number of likely N-dealkylation sites (tertiary alicyclic amines) is 1. The summed E-state index contributed by atoms with van der Waals surface area (Å²) in [5, 5.41) is 23.6. The first-order chi connectivity index (χ1) is 14.4. The molecule has 0 aliphatic carbocycles. The SMILES string of the molecule is CCOC(=O)N1CCC2(CC1)c1c(C)nn(-c3cccc(Cl)c3)c1OC(=N)C2C#N. The lowest BCUT2D eigenvalue weighted by molar-refractivity contribution is 0.0803. The Morgan fingerprint density at radius 3 is 2.83 bits per heavy atom. The van der Waals surface area contributed by atoms with Crippen LogP contribution in [0, 0.1) is 29.6 Å². The number of benzene rings is 1. The number of hydrogen-bond donors (Lipinski definition) is 1. The number of fused-ring (bicyclic) bond motifs is 2. The van der Waals surface area contributed by atoms with Gasteiger partial charge in [-0.15, -0.1) is 0 Å². The molecule has 1 fully saturated rings. The second-order valence-electron chi connectivity index (χ2n) is 7.53. The zero-order chi connectivity index (χ0) is 21.5. The summed E-state index contributed by atoms with van der Waals surface area (Å²) >= 11 is 6.16. The summed E-state index contributed by atoms with van der Waals surface area (Å²) in [6, 6.07) is 9.49. The molecule has 1 unspecified atom stereocenters. The minimum absolute atomic E-state index is 0.0993. The fraction of sp³-hybridized carbons (Fsp3) is 0.429. The molecule has 1 saturated heterocycles. The highest BCUT2D eigenvalue weighted by molar-refractivity contribution is 6.30. The van der Waals surface area contributed by atoms with Crippen LogP contribution in [-0.2, 0) is 10.2 Å². The summed E-state index contributed by atoms with van der Waals surface area (Å²) in [6.45, 7) is 4.84. The first-order valence-corrected chi connectivity index (χ1v) is 10.2. The third-order valence-electron chi connectivity index (χ3n) is 5.90. The molecule has 4 rings (SSSR count). The van der Waals surface area contributed by atoms with E-state index in [1.807, 2.05) is 19.1 Å². The fourth-order valence-corrected chi connectivity index (χ4v) is 4.72. The van der Waals surface area contributed by atoms with Crippen molar-refractivity contribution in [2.45, 2.75) is 32.1 Å². The molecule has 2 aliphatic rings. The van der Waals surface area contributed by atoms with Crippen LogP contribution >= 0.6 is 11.6 Å². The van der Waals surface area contributed by atoms with Crippen molar-refractivity contribution in [3.8, 4) is 17.6 Å². The minimum atomic E-state index is -0.745. The van der Waals surface area contributed by atoms with Crippen LogP contribution in [0.15, 0.2) is 24.3 Å². The Kier molecular flexibility index (Phi) is 5.16. The van der Waals surface area contributed by atoms with Crippen LogP contribution in [0.3, 0.4) is 0 Å². The molecule has 1 aromatic carbocycles. The highest BCUT2D eigenvalue weighted by Gasteiger charge is 2.53. The fourth-order valence-electron chi connectivity index (χ4n) is 4.54. The second-order valence-corrected chi connectivity index (χ2v) is 7.96. The van der Waals surface area contributed by atoms with Crippen molar-refractivity contribution < 1.29 is 14.3 Å². The predicted molar refractivity (Wildman–Crippen MR) is 110 cm³/mol. The molecule has 3 heterocycles. The van der Waals surface area contributed by atoms with Crippen molar-refractivity contribution in [3.05, 3.63) is 40.5 Å². The number of amides is 1. The number of piperidine rings is 1. The van der Waals surface area contributed by atoms with Crippen LogP contribution in [0.25, 0.3) is 5.69 Å². The number of carbonyl (C=O) groups is 1. The first-order valence-electron chi connectivity index (χ1n) is 9.85. The molecule has 30 heavy (non-hydrogen) atoms. The number of rotatable bonds is 2. The Balaban J connectivity index is 1.79. The van der Waals surface area contributed by atoms with Crippen molar-refractivity contribution >= 4 is 23.6 Å². The van der Waals surface area contributed by atoms with Gasteiger partial charge in [0.15, 0.2) is 0 Å². The molecular weight excluding hydrogens is 406 g/mol. The van der Waals surface area contributed by atoms with E-state index >= 15 is 0 Å². The molecule has 8 nitrogen and oxygen atoms in total. The first kappa shape index (κ1) is 20.2. The Bertz CT molecular complexity index is 1050. The van der Waals surface area contributed by atoms with Gasteiger partial charge in [-0.3, -0.25) is 5.41 Å². The molecule has 1 atom stereocenters. The number of halogens is 1.